The summed E-state index contributed by atoms with van der Waals surface area (Å²) in [7, 11) is 0. The van der Waals surface area contributed by atoms with E-state index in [1.165, 1.54) is 16.7 Å². The second-order valence-corrected chi connectivity index (χ2v) is 9.32. The molecule has 0 aliphatic heterocycles. The third-order valence-electron chi connectivity index (χ3n) is 6.54. The normalized spacial score (nSPS) is 11.3. The summed E-state index contributed by atoms with van der Waals surface area (Å²) >= 11 is 0. The average Bonchev–Trinajstić information content (AvgIpc) is 2.84. The highest BCUT2D eigenvalue weighted by molar-refractivity contribution is 6.09. The molecule has 0 aliphatic rings. The molecule has 0 saturated carbocycles. The molecule has 0 saturated heterocycles. The minimum Gasteiger partial charge on any atom is -0.289 e. The van der Waals surface area contributed by atoms with Gasteiger partial charge in [0.05, 0.1) is 0 Å². The molecule has 0 aliphatic carbocycles. The number of carbonyl (C=O) groups is 1. The monoisotopic (exact) mass is 430 g/mol. The highest BCUT2D eigenvalue weighted by Gasteiger charge is 2.23. The fraction of sp³-hybridized carbons (Fsp3) is 0.156. The van der Waals surface area contributed by atoms with Crippen LogP contribution in [0.3, 0.4) is 0 Å². The standard InChI is InChI=1S/C32H30O/c1-22-6-10-25(11-7-22)24(3)26-14-18-29(19-15-26)32(4,5)30-20-16-28(17-21-30)31(33)27-12-8-23(2)9-13-27/h6-21H,3H2,1-2,4-5H3. The first kappa shape index (κ1) is 22.5. The van der Waals surface area contributed by atoms with Gasteiger partial charge in [-0.3, -0.25) is 4.79 Å². The number of aryl methyl sites for hydroxylation is 2. The number of rotatable bonds is 6. The van der Waals surface area contributed by atoms with Crippen LogP contribution in [0.15, 0.2) is 104 Å². The molecule has 0 unspecified atom stereocenters. The lowest BCUT2D eigenvalue weighted by Crippen LogP contribution is -2.19. The van der Waals surface area contributed by atoms with Gasteiger partial charge in [0, 0.05) is 16.5 Å². The molecule has 33 heavy (non-hydrogen) atoms. The Bertz CT molecular complexity index is 1170. The molecule has 0 bridgehead atoms. The molecule has 0 radical (unpaired) electrons. The van der Waals surface area contributed by atoms with Gasteiger partial charge in [0.2, 0.25) is 0 Å². The topological polar surface area (TPSA) is 17.1 Å². The number of benzene rings is 4. The third kappa shape index (κ3) is 4.73. The van der Waals surface area contributed by atoms with E-state index in [4.69, 9.17) is 0 Å². The van der Waals surface area contributed by atoms with Crippen molar-refractivity contribution in [3.05, 3.63) is 148 Å². The molecule has 164 valence electrons. The zero-order valence-electron chi connectivity index (χ0n) is 19.9. The Morgan fingerprint density at radius 2 is 0.848 bits per heavy atom. The lowest BCUT2D eigenvalue weighted by Gasteiger charge is -2.26. The lowest BCUT2D eigenvalue weighted by molar-refractivity contribution is 0.103. The van der Waals surface area contributed by atoms with E-state index in [-0.39, 0.29) is 11.2 Å². The fourth-order valence-electron chi connectivity index (χ4n) is 4.09. The highest BCUT2D eigenvalue weighted by atomic mass is 16.1. The van der Waals surface area contributed by atoms with Gasteiger partial charge in [-0.25, -0.2) is 0 Å². The second-order valence-electron chi connectivity index (χ2n) is 9.32. The zero-order valence-corrected chi connectivity index (χ0v) is 19.9. The van der Waals surface area contributed by atoms with E-state index in [0.29, 0.717) is 5.56 Å². The maximum Gasteiger partial charge on any atom is 0.193 e. The number of hydrogen-bond acceptors (Lipinski definition) is 1. The third-order valence-corrected chi connectivity index (χ3v) is 6.54. The van der Waals surface area contributed by atoms with E-state index in [2.05, 4.69) is 88.0 Å². The van der Waals surface area contributed by atoms with Crippen LogP contribution >= 0.6 is 0 Å². The van der Waals surface area contributed by atoms with Crippen LogP contribution in [0.1, 0.15) is 63.1 Å². The van der Waals surface area contributed by atoms with Gasteiger partial charge in [-0.05, 0) is 41.7 Å². The molecule has 1 nitrogen and oxygen atoms in total. The number of hydrogen-bond donors (Lipinski definition) is 0. The Morgan fingerprint density at radius 3 is 1.24 bits per heavy atom. The quantitative estimate of drug-likeness (QED) is 0.284. The molecule has 4 aromatic rings. The first-order valence-electron chi connectivity index (χ1n) is 11.3. The molecule has 4 aromatic carbocycles. The van der Waals surface area contributed by atoms with Gasteiger partial charge in [0.15, 0.2) is 5.78 Å². The van der Waals surface area contributed by atoms with Crippen LogP contribution < -0.4 is 0 Å². The zero-order chi connectivity index (χ0) is 23.6. The van der Waals surface area contributed by atoms with Crippen LogP contribution in [0, 0.1) is 13.8 Å². The van der Waals surface area contributed by atoms with Gasteiger partial charge >= 0.3 is 0 Å². The van der Waals surface area contributed by atoms with Gasteiger partial charge in [0.25, 0.3) is 0 Å². The number of ketones is 1. The molecule has 0 amide bonds. The molecule has 0 atom stereocenters. The molecule has 1 heteroatoms. The maximum atomic E-state index is 12.8. The molecule has 0 N–H and O–H groups in total. The summed E-state index contributed by atoms with van der Waals surface area (Å²) in [5.74, 6) is 0.0540. The lowest BCUT2D eigenvalue weighted by atomic mass is 9.77. The van der Waals surface area contributed by atoms with Gasteiger partial charge in [-0.15, -0.1) is 0 Å². The van der Waals surface area contributed by atoms with Crippen molar-refractivity contribution in [2.45, 2.75) is 33.1 Å². The van der Waals surface area contributed by atoms with E-state index in [1.54, 1.807) is 0 Å². The van der Waals surface area contributed by atoms with Crippen molar-refractivity contribution in [1.29, 1.82) is 0 Å². The summed E-state index contributed by atoms with van der Waals surface area (Å²) in [5, 5.41) is 0. The fourth-order valence-corrected chi connectivity index (χ4v) is 4.09. The Kier molecular flexibility index (Phi) is 6.16. The summed E-state index contributed by atoms with van der Waals surface area (Å²) < 4.78 is 0. The van der Waals surface area contributed by atoms with E-state index in [1.807, 2.05) is 43.3 Å². The Balaban J connectivity index is 1.54. The first-order chi connectivity index (χ1) is 15.8. The Hall–Kier alpha value is -3.71. The van der Waals surface area contributed by atoms with Crippen molar-refractivity contribution in [1.82, 2.24) is 0 Å². The molecule has 0 spiro atoms. The first-order valence-corrected chi connectivity index (χ1v) is 11.3. The van der Waals surface area contributed by atoms with Crippen LogP contribution in [-0.4, -0.2) is 5.78 Å². The van der Waals surface area contributed by atoms with Crippen LogP contribution in [0.4, 0.5) is 0 Å². The SMILES string of the molecule is C=C(c1ccc(C)cc1)c1ccc(C(C)(C)c2ccc(C(=O)c3ccc(C)cc3)cc2)cc1. The van der Waals surface area contributed by atoms with Crippen molar-refractivity contribution in [2.75, 3.05) is 0 Å². The van der Waals surface area contributed by atoms with E-state index >= 15 is 0 Å². The van der Waals surface area contributed by atoms with Crippen molar-refractivity contribution >= 4 is 11.4 Å². The minimum absolute atomic E-state index is 0.0540. The van der Waals surface area contributed by atoms with Crippen molar-refractivity contribution < 1.29 is 4.79 Å². The summed E-state index contributed by atoms with van der Waals surface area (Å²) in [4.78, 5) is 12.8. The van der Waals surface area contributed by atoms with Crippen molar-refractivity contribution in [3.63, 3.8) is 0 Å². The smallest absolute Gasteiger partial charge is 0.193 e. The summed E-state index contributed by atoms with van der Waals surface area (Å²) in [6, 6.07) is 32.9. The summed E-state index contributed by atoms with van der Waals surface area (Å²) in [6.45, 7) is 12.8. The predicted octanol–water partition coefficient (Wildman–Crippen LogP) is 7.92. The van der Waals surface area contributed by atoms with Crippen LogP contribution in [0.25, 0.3) is 5.57 Å². The molecule has 0 fully saturated rings. The van der Waals surface area contributed by atoms with Crippen LogP contribution in [0.5, 0.6) is 0 Å². The molecule has 4 rings (SSSR count). The Labute approximate surface area is 197 Å². The summed E-state index contributed by atoms with van der Waals surface area (Å²) in [6.07, 6.45) is 0. The molecular formula is C32H30O. The predicted molar refractivity (Wildman–Crippen MR) is 139 cm³/mol. The van der Waals surface area contributed by atoms with Crippen LogP contribution in [-0.2, 0) is 5.41 Å². The largest absolute Gasteiger partial charge is 0.289 e. The van der Waals surface area contributed by atoms with Gasteiger partial charge < -0.3 is 0 Å². The Morgan fingerprint density at radius 1 is 0.545 bits per heavy atom. The average molecular weight is 431 g/mol. The van der Waals surface area contributed by atoms with Crippen molar-refractivity contribution in [2.24, 2.45) is 0 Å². The van der Waals surface area contributed by atoms with E-state index in [9.17, 15) is 4.79 Å². The molecular weight excluding hydrogens is 400 g/mol. The van der Waals surface area contributed by atoms with Crippen LogP contribution in [0.2, 0.25) is 0 Å². The van der Waals surface area contributed by atoms with Crippen molar-refractivity contribution in [3.8, 4) is 0 Å². The highest BCUT2D eigenvalue weighted by Crippen LogP contribution is 2.33. The maximum absolute atomic E-state index is 12.8. The van der Waals surface area contributed by atoms with E-state index in [0.717, 1.165) is 27.8 Å². The van der Waals surface area contributed by atoms with Gasteiger partial charge in [-0.1, -0.05) is 129 Å². The van der Waals surface area contributed by atoms with Gasteiger partial charge in [-0.2, -0.15) is 0 Å². The summed E-state index contributed by atoms with van der Waals surface area (Å²) in [5.41, 5.74) is 9.33. The van der Waals surface area contributed by atoms with E-state index < -0.39 is 0 Å². The second kappa shape index (κ2) is 9.03. The minimum atomic E-state index is -0.185. The number of carbonyl (C=O) groups excluding carboxylic acids is 1. The molecule has 0 aromatic heterocycles. The molecule has 0 heterocycles. The van der Waals surface area contributed by atoms with Gasteiger partial charge in [0.1, 0.15) is 0 Å².